The number of ether oxygens (including phenoxy) is 1. The molecule has 0 aliphatic heterocycles. The predicted molar refractivity (Wildman–Crippen MR) is 82.5 cm³/mol. The standard InChI is InChI=1S/C14H17ClN4O2/c1-9(7-19-4-3-17-8-19)18-13-11(14(20)21-2)5-10(16)6-12(13)15/h3-6,8-9,18H,7,16H2,1-2H3. The van der Waals surface area contributed by atoms with E-state index in [-0.39, 0.29) is 6.04 Å². The van der Waals surface area contributed by atoms with Crippen LogP contribution >= 0.6 is 11.6 Å². The van der Waals surface area contributed by atoms with Crippen molar-refractivity contribution in [2.24, 2.45) is 0 Å². The van der Waals surface area contributed by atoms with E-state index in [0.29, 0.717) is 28.5 Å². The predicted octanol–water partition coefficient (Wildman–Crippen LogP) is 2.41. The minimum absolute atomic E-state index is 0.0312. The lowest BCUT2D eigenvalue weighted by atomic mass is 10.1. The van der Waals surface area contributed by atoms with Crippen LogP contribution in [0.25, 0.3) is 0 Å². The number of nitrogens with one attached hydrogen (secondary N) is 1. The molecule has 21 heavy (non-hydrogen) atoms. The summed E-state index contributed by atoms with van der Waals surface area (Å²) in [7, 11) is 1.32. The number of carbonyl (C=O) groups is 1. The molecule has 2 rings (SSSR count). The summed E-state index contributed by atoms with van der Waals surface area (Å²) in [6.45, 7) is 2.66. The maximum Gasteiger partial charge on any atom is 0.340 e. The van der Waals surface area contributed by atoms with Gasteiger partial charge in [0.25, 0.3) is 0 Å². The Balaban J connectivity index is 2.23. The highest BCUT2D eigenvalue weighted by Gasteiger charge is 2.18. The van der Waals surface area contributed by atoms with Crippen LogP contribution in [0.15, 0.2) is 30.9 Å². The van der Waals surface area contributed by atoms with Crippen LogP contribution in [0, 0.1) is 0 Å². The van der Waals surface area contributed by atoms with E-state index in [1.807, 2.05) is 17.7 Å². The lowest BCUT2D eigenvalue weighted by Crippen LogP contribution is -2.23. The Morgan fingerprint density at radius 3 is 2.95 bits per heavy atom. The molecular formula is C14H17ClN4O2. The second kappa shape index (κ2) is 6.49. The first-order valence-corrected chi connectivity index (χ1v) is 6.78. The quantitative estimate of drug-likeness (QED) is 0.655. The molecule has 0 amide bonds. The summed E-state index contributed by atoms with van der Waals surface area (Å²) in [6.07, 6.45) is 5.30. The number of esters is 1. The lowest BCUT2D eigenvalue weighted by molar-refractivity contribution is 0.0602. The van der Waals surface area contributed by atoms with Crippen molar-refractivity contribution in [3.8, 4) is 0 Å². The van der Waals surface area contributed by atoms with Gasteiger partial charge in [-0.25, -0.2) is 9.78 Å². The maximum atomic E-state index is 11.8. The molecule has 7 heteroatoms. The van der Waals surface area contributed by atoms with Crippen LogP contribution in [0.1, 0.15) is 17.3 Å². The number of hydrogen-bond donors (Lipinski definition) is 2. The summed E-state index contributed by atoms with van der Waals surface area (Å²) in [5, 5.41) is 3.60. The topological polar surface area (TPSA) is 82.2 Å². The molecule has 2 aromatic rings. The summed E-state index contributed by atoms with van der Waals surface area (Å²) in [5.74, 6) is -0.485. The molecule has 0 aliphatic carbocycles. The number of nitrogens with zero attached hydrogens (tertiary/aromatic N) is 2. The van der Waals surface area contributed by atoms with Gasteiger partial charge in [-0.3, -0.25) is 0 Å². The SMILES string of the molecule is COC(=O)c1cc(N)cc(Cl)c1NC(C)Cn1ccnc1. The highest BCUT2D eigenvalue weighted by molar-refractivity contribution is 6.34. The molecule has 0 radical (unpaired) electrons. The first kappa shape index (κ1) is 15.2. The van der Waals surface area contributed by atoms with Crippen molar-refractivity contribution < 1.29 is 9.53 Å². The zero-order valence-corrected chi connectivity index (χ0v) is 12.6. The average Bonchev–Trinajstić information content (AvgIpc) is 2.93. The van der Waals surface area contributed by atoms with Crippen molar-refractivity contribution in [2.45, 2.75) is 19.5 Å². The molecule has 1 unspecified atom stereocenters. The van der Waals surface area contributed by atoms with E-state index in [0.717, 1.165) is 0 Å². The third-order valence-electron chi connectivity index (χ3n) is 2.95. The number of halogens is 1. The summed E-state index contributed by atoms with van der Waals surface area (Å²) in [4.78, 5) is 15.8. The van der Waals surface area contributed by atoms with Crippen LogP contribution in [0.4, 0.5) is 11.4 Å². The number of hydrogen-bond acceptors (Lipinski definition) is 5. The van der Waals surface area contributed by atoms with Gasteiger partial charge in [-0.2, -0.15) is 0 Å². The number of methoxy groups -OCH3 is 1. The molecule has 0 saturated carbocycles. The lowest BCUT2D eigenvalue weighted by Gasteiger charge is -2.19. The largest absolute Gasteiger partial charge is 0.465 e. The van der Waals surface area contributed by atoms with Gasteiger partial charge in [0.1, 0.15) is 0 Å². The Hall–Kier alpha value is -2.21. The number of rotatable bonds is 5. The zero-order valence-electron chi connectivity index (χ0n) is 11.8. The molecule has 0 aliphatic rings. The molecule has 1 aromatic carbocycles. The molecule has 1 aromatic heterocycles. The molecule has 0 saturated heterocycles. The van der Waals surface area contributed by atoms with E-state index in [4.69, 9.17) is 22.1 Å². The van der Waals surface area contributed by atoms with Gasteiger partial charge >= 0.3 is 5.97 Å². The molecule has 0 fully saturated rings. The minimum atomic E-state index is -0.485. The fourth-order valence-corrected chi connectivity index (χ4v) is 2.33. The zero-order chi connectivity index (χ0) is 15.4. The molecule has 0 spiro atoms. The number of nitrogen functional groups attached to an aromatic ring is 1. The molecule has 3 N–H and O–H groups in total. The fraction of sp³-hybridized carbons (Fsp3) is 0.286. The maximum absolute atomic E-state index is 11.8. The van der Waals surface area contributed by atoms with Gasteiger partial charge in [-0.1, -0.05) is 11.6 Å². The molecular weight excluding hydrogens is 292 g/mol. The number of nitrogens with two attached hydrogens (primary N) is 1. The highest BCUT2D eigenvalue weighted by atomic mass is 35.5. The van der Waals surface area contributed by atoms with Gasteiger partial charge in [0.05, 0.1) is 29.7 Å². The van der Waals surface area contributed by atoms with Crippen LogP contribution in [0.5, 0.6) is 0 Å². The smallest absolute Gasteiger partial charge is 0.340 e. The second-order valence-electron chi connectivity index (χ2n) is 4.72. The second-order valence-corrected chi connectivity index (χ2v) is 5.13. The van der Waals surface area contributed by atoms with E-state index in [1.54, 1.807) is 24.7 Å². The number of imidazole rings is 1. The van der Waals surface area contributed by atoms with E-state index in [1.165, 1.54) is 7.11 Å². The minimum Gasteiger partial charge on any atom is -0.465 e. The molecule has 0 bridgehead atoms. The van der Waals surface area contributed by atoms with Crippen LogP contribution in [-0.4, -0.2) is 28.7 Å². The molecule has 112 valence electrons. The van der Waals surface area contributed by atoms with E-state index in [2.05, 4.69) is 10.3 Å². The van der Waals surface area contributed by atoms with E-state index < -0.39 is 5.97 Å². The van der Waals surface area contributed by atoms with Gasteiger partial charge in [-0.15, -0.1) is 0 Å². The molecule has 1 atom stereocenters. The van der Waals surface area contributed by atoms with E-state index >= 15 is 0 Å². The average molecular weight is 309 g/mol. The van der Waals surface area contributed by atoms with Gasteiger partial charge < -0.3 is 20.4 Å². The van der Waals surface area contributed by atoms with Crippen LogP contribution in [-0.2, 0) is 11.3 Å². The Kier molecular flexibility index (Phi) is 4.70. The van der Waals surface area contributed by atoms with Gasteiger partial charge in [-0.05, 0) is 19.1 Å². The molecule has 6 nitrogen and oxygen atoms in total. The monoisotopic (exact) mass is 308 g/mol. The fourth-order valence-electron chi connectivity index (χ4n) is 2.05. The Morgan fingerprint density at radius 2 is 2.33 bits per heavy atom. The summed E-state index contributed by atoms with van der Waals surface area (Å²) in [5.41, 5.74) is 6.98. The van der Waals surface area contributed by atoms with Crippen molar-refractivity contribution in [1.82, 2.24) is 9.55 Å². The number of benzene rings is 1. The Labute approximate surface area is 127 Å². The van der Waals surface area contributed by atoms with Crippen molar-refractivity contribution in [1.29, 1.82) is 0 Å². The Bertz CT molecular complexity index is 628. The van der Waals surface area contributed by atoms with Crippen LogP contribution < -0.4 is 11.1 Å². The van der Waals surface area contributed by atoms with Crippen molar-refractivity contribution in [2.75, 3.05) is 18.2 Å². The third-order valence-corrected chi connectivity index (χ3v) is 3.25. The summed E-state index contributed by atoms with van der Waals surface area (Å²) in [6, 6.07) is 3.17. The summed E-state index contributed by atoms with van der Waals surface area (Å²) < 4.78 is 6.70. The number of aromatic nitrogens is 2. The first-order valence-electron chi connectivity index (χ1n) is 6.41. The van der Waals surface area contributed by atoms with Crippen LogP contribution in [0.3, 0.4) is 0 Å². The van der Waals surface area contributed by atoms with Gasteiger partial charge in [0.2, 0.25) is 0 Å². The van der Waals surface area contributed by atoms with Crippen molar-refractivity contribution >= 4 is 28.9 Å². The highest BCUT2D eigenvalue weighted by Crippen LogP contribution is 2.30. The van der Waals surface area contributed by atoms with Crippen LogP contribution in [0.2, 0.25) is 5.02 Å². The summed E-state index contributed by atoms with van der Waals surface area (Å²) >= 11 is 6.19. The van der Waals surface area contributed by atoms with E-state index in [9.17, 15) is 4.79 Å². The van der Waals surface area contributed by atoms with Crippen molar-refractivity contribution in [3.63, 3.8) is 0 Å². The van der Waals surface area contributed by atoms with Gasteiger partial charge in [0, 0.05) is 30.7 Å². The van der Waals surface area contributed by atoms with Crippen molar-refractivity contribution in [3.05, 3.63) is 41.4 Å². The normalized spacial score (nSPS) is 12.0. The molecule has 1 heterocycles. The number of anilines is 2. The van der Waals surface area contributed by atoms with Gasteiger partial charge in [0.15, 0.2) is 0 Å². The Morgan fingerprint density at radius 1 is 1.57 bits per heavy atom. The third kappa shape index (κ3) is 3.66. The first-order chi connectivity index (χ1) is 10.0. The number of carbonyl (C=O) groups excluding carboxylic acids is 1.